The topological polar surface area (TPSA) is 107 Å². The van der Waals surface area contributed by atoms with Crippen molar-refractivity contribution in [1.29, 1.82) is 0 Å². The molecule has 4 rings (SSSR count). The lowest BCUT2D eigenvalue weighted by molar-refractivity contribution is -0.386. The highest BCUT2D eigenvalue weighted by atomic mass is 32.2. The minimum atomic E-state index is -3.74. The minimum Gasteiger partial charge on any atom is -0.480 e. The van der Waals surface area contributed by atoms with Gasteiger partial charge in [-0.15, -0.1) is 0 Å². The summed E-state index contributed by atoms with van der Waals surface area (Å²) in [4.78, 5) is 15.1. The molecule has 1 aliphatic heterocycles. The highest BCUT2D eigenvalue weighted by molar-refractivity contribution is 7.89. The summed E-state index contributed by atoms with van der Waals surface area (Å²) in [6.45, 7) is 0.894. The number of ether oxygens (including phenoxy) is 1. The quantitative estimate of drug-likeness (QED) is 0.463. The molecule has 1 fully saturated rings. The maximum Gasteiger partial charge on any atom is 0.312 e. The number of pyridine rings is 1. The number of benzene rings is 1. The van der Waals surface area contributed by atoms with Gasteiger partial charge < -0.3 is 9.14 Å². The van der Waals surface area contributed by atoms with Crippen molar-refractivity contribution in [2.75, 3.05) is 13.1 Å². The van der Waals surface area contributed by atoms with Crippen LogP contribution in [0, 0.1) is 10.1 Å². The van der Waals surface area contributed by atoms with Crippen LogP contribution in [-0.2, 0) is 16.6 Å². The molecular formula is C18H18N4O5S. The molecule has 1 aromatic carbocycles. The molecule has 0 N–H and O–H groups in total. The number of rotatable bonds is 6. The molecule has 0 atom stereocenters. The molecule has 3 heterocycles. The molecule has 146 valence electrons. The Kier molecular flexibility index (Phi) is 4.73. The average Bonchev–Trinajstić information content (AvgIpc) is 3.35. The Morgan fingerprint density at radius 2 is 1.96 bits per heavy atom. The van der Waals surface area contributed by atoms with Gasteiger partial charge in [0.1, 0.15) is 12.3 Å². The van der Waals surface area contributed by atoms with Gasteiger partial charge in [0, 0.05) is 31.5 Å². The molecule has 9 nitrogen and oxygen atoms in total. The van der Waals surface area contributed by atoms with Gasteiger partial charge in [-0.2, -0.15) is 4.31 Å². The second-order valence-electron chi connectivity index (χ2n) is 6.48. The second kappa shape index (κ2) is 7.21. The number of imidazole rings is 1. The predicted octanol–water partition coefficient (Wildman–Crippen LogP) is 2.61. The van der Waals surface area contributed by atoms with Crippen LogP contribution in [0.4, 0.5) is 5.69 Å². The van der Waals surface area contributed by atoms with Gasteiger partial charge in [0.2, 0.25) is 10.0 Å². The summed E-state index contributed by atoms with van der Waals surface area (Å²) >= 11 is 0. The van der Waals surface area contributed by atoms with Crippen LogP contribution in [0.15, 0.2) is 53.7 Å². The molecule has 0 amide bonds. The Morgan fingerprint density at radius 1 is 1.18 bits per heavy atom. The van der Waals surface area contributed by atoms with Crippen molar-refractivity contribution < 1.29 is 18.1 Å². The lowest BCUT2D eigenvalue weighted by Gasteiger charge is -2.15. The Hall–Kier alpha value is -2.98. The van der Waals surface area contributed by atoms with E-state index in [9.17, 15) is 18.5 Å². The van der Waals surface area contributed by atoms with E-state index < -0.39 is 14.9 Å². The van der Waals surface area contributed by atoms with E-state index in [-0.39, 0.29) is 22.9 Å². The number of nitro benzene ring substituents is 1. The number of hydrogen-bond donors (Lipinski definition) is 0. The van der Waals surface area contributed by atoms with Crippen molar-refractivity contribution in [2.45, 2.75) is 24.3 Å². The van der Waals surface area contributed by atoms with E-state index in [1.165, 1.54) is 16.4 Å². The molecule has 10 heteroatoms. The van der Waals surface area contributed by atoms with Crippen molar-refractivity contribution >= 4 is 21.4 Å². The highest BCUT2D eigenvalue weighted by Gasteiger charge is 2.29. The minimum absolute atomic E-state index is 0.00225. The monoisotopic (exact) mass is 402 g/mol. The SMILES string of the molecule is O=[N+]([O-])c1cc(S(=O)(=O)N2CCCC2)ccc1OCc1cn2ccccc2n1. The van der Waals surface area contributed by atoms with Crippen LogP contribution in [-0.4, -0.2) is 40.1 Å². The van der Waals surface area contributed by atoms with Crippen LogP contribution in [0.2, 0.25) is 0 Å². The molecule has 1 aliphatic rings. The zero-order chi connectivity index (χ0) is 19.7. The first-order valence-electron chi connectivity index (χ1n) is 8.79. The molecule has 3 aromatic rings. The number of aromatic nitrogens is 2. The fourth-order valence-corrected chi connectivity index (χ4v) is 4.75. The maximum absolute atomic E-state index is 12.6. The van der Waals surface area contributed by atoms with E-state index in [4.69, 9.17) is 4.74 Å². The second-order valence-corrected chi connectivity index (χ2v) is 8.42. The molecule has 2 aromatic heterocycles. The fraction of sp³-hybridized carbons (Fsp3) is 0.278. The molecule has 0 unspecified atom stereocenters. The zero-order valence-corrected chi connectivity index (χ0v) is 15.7. The standard InChI is InChI=1S/C18H18N4O5S/c23-22(24)16-11-15(28(25,26)21-9-3-4-10-21)6-7-17(16)27-13-14-12-20-8-2-1-5-18(20)19-14/h1-2,5-8,11-12H,3-4,9-10,13H2. The number of hydrogen-bond acceptors (Lipinski definition) is 6. The molecule has 0 aliphatic carbocycles. The Balaban J connectivity index is 1.59. The Bertz CT molecular complexity index is 1100. The number of fused-ring (bicyclic) bond motifs is 1. The molecule has 0 spiro atoms. The first-order valence-corrected chi connectivity index (χ1v) is 10.2. The summed E-state index contributed by atoms with van der Waals surface area (Å²) in [6.07, 6.45) is 5.20. The summed E-state index contributed by atoms with van der Waals surface area (Å²) < 4.78 is 34.0. The summed E-state index contributed by atoms with van der Waals surface area (Å²) in [5, 5.41) is 11.5. The number of sulfonamides is 1. The van der Waals surface area contributed by atoms with Crippen molar-refractivity contribution in [3.63, 3.8) is 0 Å². The lowest BCUT2D eigenvalue weighted by atomic mass is 10.3. The smallest absolute Gasteiger partial charge is 0.312 e. The van der Waals surface area contributed by atoms with Gasteiger partial charge >= 0.3 is 5.69 Å². The first kappa shape index (κ1) is 18.4. The largest absolute Gasteiger partial charge is 0.480 e. The number of nitro groups is 1. The van der Waals surface area contributed by atoms with Gasteiger partial charge in [-0.3, -0.25) is 10.1 Å². The van der Waals surface area contributed by atoms with Crippen LogP contribution in [0.1, 0.15) is 18.5 Å². The van der Waals surface area contributed by atoms with E-state index in [2.05, 4.69) is 4.98 Å². The predicted molar refractivity (Wildman–Crippen MR) is 101 cm³/mol. The van der Waals surface area contributed by atoms with Gasteiger partial charge in [-0.05, 0) is 37.1 Å². The van der Waals surface area contributed by atoms with Gasteiger partial charge in [0.25, 0.3) is 0 Å². The van der Waals surface area contributed by atoms with Crippen LogP contribution in [0.25, 0.3) is 5.65 Å². The zero-order valence-electron chi connectivity index (χ0n) is 14.9. The van der Waals surface area contributed by atoms with Crippen LogP contribution >= 0.6 is 0 Å². The van der Waals surface area contributed by atoms with Crippen LogP contribution in [0.5, 0.6) is 5.75 Å². The van der Waals surface area contributed by atoms with Crippen LogP contribution < -0.4 is 4.74 Å². The normalized spacial score (nSPS) is 15.1. The summed E-state index contributed by atoms with van der Waals surface area (Å²) in [6, 6.07) is 9.30. The van der Waals surface area contributed by atoms with Crippen molar-refractivity contribution in [2.24, 2.45) is 0 Å². The van der Waals surface area contributed by atoms with Gasteiger partial charge in [0.05, 0.1) is 15.5 Å². The molecule has 0 radical (unpaired) electrons. The number of nitrogens with zero attached hydrogens (tertiary/aromatic N) is 4. The molecule has 28 heavy (non-hydrogen) atoms. The third-order valence-electron chi connectivity index (χ3n) is 4.62. The maximum atomic E-state index is 12.6. The van der Waals surface area contributed by atoms with Crippen molar-refractivity contribution in [3.8, 4) is 5.75 Å². The van der Waals surface area contributed by atoms with E-state index in [1.807, 2.05) is 28.8 Å². The molecular weight excluding hydrogens is 384 g/mol. The first-order chi connectivity index (χ1) is 13.4. The third-order valence-corrected chi connectivity index (χ3v) is 6.51. The average molecular weight is 402 g/mol. The highest BCUT2D eigenvalue weighted by Crippen LogP contribution is 2.32. The third kappa shape index (κ3) is 3.43. The Labute approximate surface area is 161 Å². The lowest BCUT2D eigenvalue weighted by Crippen LogP contribution is -2.27. The van der Waals surface area contributed by atoms with Gasteiger partial charge in [0.15, 0.2) is 5.75 Å². The molecule has 0 saturated carbocycles. The van der Waals surface area contributed by atoms with Gasteiger partial charge in [-0.1, -0.05) is 6.07 Å². The van der Waals surface area contributed by atoms with E-state index in [0.717, 1.165) is 24.6 Å². The van der Waals surface area contributed by atoms with Crippen molar-refractivity contribution in [1.82, 2.24) is 13.7 Å². The van der Waals surface area contributed by atoms with Crippen molar-refractivity contribution in [3.05, 3.63) is 64.6 Å². The summed E-state index contributed by atoms with van der Waals surface area (Å²) in [5.41, 5.74) is 0.959. The van der Waals surface area contributed by atoms with E-state index in [0.29, 0.717) is 18.8 Å². The van der Waals surface area contributed by atoms with E-state index in [1.54, 1.807) is 6.20 Å². The summed E-state index contributed by atoms with van der Waals surface area (Å²) in [7, 11) is -3.74. The van der Waals surface area contributed by atoms with E-state index >= 15 is 0 Å². The Morgan fingerprint density at radius 3 is 2.68 bits per heavy atom. The fourth-order valence-electron chi connectivity index (χ4n) is 3.21. The van der Waals surface area contributed by atoms with Crippen LogP contribution in [0.3, 0.4) is 0 Å². The molecule has 0 bridgehead atoms. The summed E-state index contributed by atoms with van der Waals surface area (Å²) in [5.74, 6) is 0.00225. The van der Waals surface area contributed by atoms with Gasteiger partial charge in [-0.25, -0.2) is 13.4 Å². The molecule has 1 saturated heterocycles.